The van der Waals surface area contributed by atoms with Crippen LogP contribution in [0.4, 0.5) is 5.95 Å². The summed E-state index contributed by atoms with van der Waals surface area (Å²) < 4.78 is 1.26. The Morgan fingerprint density at radius 1 is 1.08 bits per heavy atom. The first kappa shape index (κ1) is 16.4. The molecule has 24 heavy (non-hydrogen) atoms. The van der Waals surface area contributed by atoms with Crippen molar-refractivity contribution in [1.29, 1.82) is 0 Å². The van der Waals surface area contributed by atoms with Gasteiger partial charge in [-0.25, -0.2) is 14.8 Å². The molecule has 1 saturated heterocycles. The molecule has 0 saturated carbocycles. The summed E-state index contributed by atoms with van der Waals surface area (Å²) in [7, 11) is 0. The summed E-state index contributed by atoms with van der Waals surface area (Å²) in [5.41, 5.74) is 0.00837. The lowest BCUT2D eigenvalue weighted by molar-refractivity contribution is 0.277. The van der Waals surface area contributed by atoms with Gasteiger partial charge in [-0.05, 0) is 26.0 Å². The number of hydrogen-bond acceptors (Lipinski definition) is 6. The van der Waals surface area contributed by atoms with Gasteiger partial charge >= 0.3 is 5.69 Å². The number of nitrogens with one attached hydrogen (secondary N) is 1. The fraction of sp³-hybridized carbons (Fsp3) is 0.500. The molecule has 8 nitrogen and oxygen atoms in total. The Balaban J connectivity index is 1.60. The largest absolute Gasteiger partial charge is 0.339 e. The molecule has 0 bridgehead atoms. The van der Waals surface area contributed by atoms with Crippen LogP contribution in [0.5, 0.6) is 0 Å². The van der Waals surface area contributed by atoms with Gasteiger partial charge in [0.15, 0.2) is 0 Å². The van der Waals surface area contributed by atoms with Gasteiger partial charge in [-0.15, -0.1) is 0 Å². The average molecular weight is 330 g/mol. The number of rotatable bonds is 4. The van der Waals surface area contributed by atoms with Gasteiger partial charge in [0.1, 0.15) is 0 Å². The minimum atomic E-state index is -0.339. The number of aryl methyl sites for hydroxylation is 1. The van der Waals surface area contributed by atoms with Crippen LogP contribution in [0.1, 0.15) is 12.1 Å². The van der Waals surface area contributed by atoms with Gasteiger partial charge in [-0.1, -0.05) is 0 Å². The van der Waals surface area contributed by atoms with Crippen LogP contribution >= 0.6 is 0 Å². The van der Waals surface area contributed by atoms with E-state index in [1.165, 1.54) is 10.6 Å². The first-order chi connectivity index (χ1) is 11.6. The predicted molar refractivity (Wildman–Crippen MR) is 91.4 cm³/mol. The average Bonchev–Trinajstić information content (AvgIpc) is 2.80. The standard InChI is InChI=1S/C16H22N6O2/c1-13-12-14(23)22(16(24)19-13)11-9-20-6-3-7-21(10-8-20)15-17-4-2-5-18-15/h2,4-5,12H,3,6-11H2,1H3,(H,19,24). The summed E-state index contributed by atoms with van der Waals surface area (Å²) >= 11 is 0. The highest BCUT2D eigenvalue weighted by atomic mass is 16.2. The van der Waals surface area contributed by atoms with Gasteiger partial charge in [0.25, 0.3) is 5.56 Å². The van der Waals surface area contributed by atoms with E-state index < -0.39 is 0 Å². The minimum Gasteiger partial charge on any atom is -0.339 e. The van der Waals surface area contributed by atoms with Gasteiger partial charge in [0, 0.05) is 56.9 Å². The molecule has 2 aromatic heterocycles. The van der Waals surface area contributed by atoms with Crippen molar-refractivity contribution >= 4 is 5.95 Å². The van der Waals surface area contributed by atoms with Gasteiger partial charge in [0.2, 0.25) is 5.95 Å². The lowest BCUT2D eigenvalue weighted by Gasteiger charge is -2.21. The Labute approximate surface area is 139 Å². The highest BCUT2D eigenvalue weighted by molar-refractivity contribution is 5.28. The fourth-order valence-corrected chi connectivity index (χ4v) is 2.94. The van der Waals surface area contributed by atoms with Gasteiger partial charge in [-0.2, -0.15) is 0 Å². The van der Waals surface area contributed by atoms with E-state index in [9.17, 15) is 9.59 Å². The van der Waals surface area contributed by atoms with E-state index in [1.807, 2.05) is 6.07 Å². The number of aromatic amines is 1. The van der Waals surface area contributed by atoms with Crippen molar-refractivity contribution in [2.45, 2.75) is 19.9 Å². The van der Waals surface area contributed by atoms with Crippen molar-refractivity contribution in [2.75, 3.05) is 37.6 Å². The molecule has 128 valence electrons. The molecule has 2 aromatic rings. The van der Waals surface area contributed by atoms with Crippen molar-refractivity contribution in [3.8, 4) is 0 Å². The molecule has 1 aliphatic rings. The Hall–Kier alpha value is -2.48. The molecule has 0 radical (unpaired) electrons. The molecule has 3 heterocycles. The zero-order valence-electron chi connectivity index (χ0n) is 13.8. The molecule has 0 amide bonds. The summed E-state index contributed by atoms with van der Waals surface area (Å²) in [6, 6.07) is 3.27. The monoisotopic (exact) mass is 330 g/mol. The van der Waals surface area contributed by atoms with E-state index >= 15 is 0 Å². The van der Waals surface area contributed by atoms with E-state index in [1.54, 1.807) is 19.3 Å². The molecular formula is C16H22N6O2. The maximum Gasteiger partial charge on any atom is 0.328 e. The highest BCUT2D eigenvalue weighted by Crippen LogP contribution is 2.09. The lowest BCUT2D eigenvalue weighted by Crippen LogP contribution is -2.40. The molecule has 1 fully saturated rings. The van der Waals surface area contributed by atoms with Crippen molar-refractivity contribution in [3.63, 3.8) is 0 Å². The van der Waals surface area contributed by atoms with Crippen molar-refractivity contribution in [1.82, 2.24) is 24.4 Å². The van der Waals surface area contributed by atoms with E-state index in [4.69, 9.17) is 0 Å². The Morgan fingerprint density at radius 3 is 2.62 bits per heavy atom. The molecule has 0 atom stereocenters. The van der Waals surface area contributed by atoms with Gasteiger partial charge in [-0.3, -0.25) is 14.3 Å². The number of hydrogen-bond donors (Lipinski definition) is 1. The van der Waals surface area contributed by atoms with E-state index in [0.29, 0.717) is 18.8 Å². The van der Waals surface area contributed by atoms with Crippen molar-refractivity contribution in [2.24, 2.45) is 0 Å². The first-order valence-corrected chi connectivity index (χ1v) is 8.18. The van der Waals surface area contributed by atoms with Crippen LogP contribution < -0.4 is 16.1 Å². The molecule has 0 spiro atoms. The molecule has 1 N–H and O–H groups in total. The van der Waals surface area contributed by atoms with Crippen LogP contribution in [0.2, 0.25) is 0 Å². The third-order valence-corrected chi connectivity index (χ3v) is 4.22. The number of H-pyrrole nitrogens is 1. The molecule has 8 heteroatoms. The lowest BCUT2D eigenvalue weighted by atomic mass is 10.4. The van der Waals surface area contributed by atoms with Crippen molar-refractivity contribution < 1.29 is 0 Å². The number of aromatic nitrogens is 4. The molecule has 0 unspecified atom stereocenters. The minimum absolute atomic E-state index is 0.245. The van der Waals surface area contributed by atoms with E-state index in [2.05, 4.69) is 24.8 Å². The first-order valence-electron chi connectivity index (χ1n) is 8.18. The molecule has 0 aromatic carbocycles. The van der Waals surface area contributed by atoms with Gasteiger partial charge in [0.05, 0.1) is 0 Å². The number of nitrogens with zero attached hydrogens (tertiary/aromatic N) is 5. The van der Waals surface area contributed by atoms with Crippen molar-refractivity contribution in [3.05, 3.63) is 51.1 Å². The van der Waals surface area contributed by atoms with Gasteiger partial charge < -0.3 is 9.88 Å². The Morgan fingerprint density at radius 2 is 1.88 bits per heavy atom. The van der Waals surface area contributed by atoms with Crippen LogP contribution in [-0.2, 0) is 6.54 Å². The second-order valence-corrected chi connectivity index (χ2v) is 5.98. The second kappa shape index (κ2) is 7.39. The second-order valence-electron chi connectivity index (χ2n) is 5.98. The summed E-state index contributed by atoms with van der Waals surface area (Å²) in [6.45, 7) is 6.32. The number of anilines is 1. The maximum absolute atomic E-state index is 11.9. The quantitative estimate of drug-likeness (QED) is 0.839. The summed E-state index contributed by atoms with van der Waals surface area (Å²) in [6.07, 6.45) is 4.50. The van der Waals surface area contributed by atoms with Crippen LogP contribution in [0.25, 0.3) is 0 Å². The molecule has 3 rings (SSSR count). The zero-order valence-corrected chi connectivity index (χ0v) is 13.8. The Bertz CT molecular complexity index is 754. The zero-order chi connectivity index (χ0) is 16.9. The smallest absolute Gasteiger partial charge is 0.328 e. The highest BCUT2D eigenvalue weighted by Gasteiger charge is 2.16. The predicted octanol–water partition coefficient (Wildman–Crippen LogP) is -0.153. The topological polar surface area (TPSA) is 87.1 Å². The third kappa shape index (κ3) is 3.88. The molecule has 0 aliphatic carbocycles. The van der Waals surface area contributed by atoms with Crippen LogP contribution in [0.3, 0.4) is 0 Å². The summed E-state index contributed by atoms with van der Waals surface area (Å²) in [5, 5.41) is 0. The fourth-order valence-electron chi connectivity index (χ4n) is 2.94. The van der Waals surface area contributed by atoms with E-state index in [-0.39, 0.29) is 11.2 Å². The molecular weight excluding hydrogens is 308 g/mol. The summed E-state index contributed by atoms with van der Waals surface area (Å²) in [4.78, 5) is 39.6. The Kier molecular flexibility index (Phi) is 5.05. The van der Waals surface area contributed by atoms with E-state index in [0.717, 1.165) is 38.5 Å². The van der Waals surface area contributed by atoms with Crippen LogP contribution in [0, 0.1) is 6.92 Å². The van der Waals surface area contributed by atoms with Crippen LogP contribution in [0.15, 0.2) is 34.1 Å². The summed E-state index contributed by atoms with van der Waals surface area (Å²) in [5.74, 6) is 0.755. The molecule has 1 aliphatic heterocycles. The third-order valence-electron chi connectivity index (χ3n) is 4.22. The normalized spacial score (nSPS) is 16.1. The maximum atomic E-state index is 11.9. The van der Waals surface area contributed by atoms with Crippen LogP contribution in [-0.4, -0.2) is 57.1 Å². The SMILES string of the molecule is Cc1cc(=O)n(CCN2CCCN(c3ncccn3)CC2)c(=O)[nH]1.